The van der Waals surface area contributed by atoms with Crippen molar-refractivity contribution in [2.24, 2.45) is 5.92 Å². The lowest BCUT2D eigenvalue weighted by Gasteiger charge is -2.39. The number of carbonyl (C=O) groups is 2. The predicted molar refractivity (Wildman–Crippen MR) is 91.3 cm³/mol. The Morgan fingerprint density at radius 3 is 2.92 bits per heavy atom. The van der Waals surface area contributed by atoms with Gasteiger partial charge in [-0.2, -0.15) is 0 Å². The second-order valence-corrected chi connectivity index (χ2v) is 6.63. The largest absolute Gasteiger partial charge is 0.422 e. The van der Waals surface area contributed by atoms with Gasteiger partial charge in [0.15, 0.2) is 11.3 Å². The van der Waals surface area contributed by atoms with Crippen LogP contribution in [0.25, 0.3) is 0 Å². The number of hydrogen-bond acceptors (Lipinski definition) is 4. The molecular weight excluding hydrogens is 326 g/mol. The lowest BCUT2D eigenvalue weighted by molar-refractivity contribution is -0.145. The molecule has 122 valence electrons. The molecule has 24 heavy (non-hydrogen) atoms. The van der Waals surface area contributed by atoms with Crippen LogP contribution in [0.15, 0.2) is 42.5 Å². The molecular formula is C19H16ClNO3. The summed E-state index contributed by atoms with van der Waals surface area (Å²) in [5.41, 5.74) is 1.26. The number of ether oxygens (including phenoxy) is 1. The molecule has 0 fully saturated rings. The first-order chi connectivity index (χ1) is 11.6. The quantitative estimate of drug-likeness (QED) is 0.668. The van der Waals surface area contributed by atoms with Crippen molar-refractivity contribution >= 4 is 29.0 Å². The van der Waals surface area contributed by atoms with Crippen molar-refractivity contribution in [2.45, 2.75) is 25.3 Å². The van der Waals surface area contributed by atoms with E-state index >= 15 is 0 Å². The highest BCUT2D eigenvalue weighted by atomic mass is 35.5. The molecule has 0 amide bonds. The third-order valence-electron chi connectivity index (χ3n) is 4.92. The van der Waals surface area contributed by atoms with Gasteiger partial charge in [0.25, 0.3) is 0 Å². The summed E-state index contributed by atoms with van der Waals surface area (Å²) >= 11 is 6.09. The number of ketones is 1. The van der Waals surface area contributed by atoms with Gasteiger partial charge in [-0.15, -0.1) is 0 Å². The third kappa shape index (κ3) is 1.99. The summed E-state index contributed by atoms with van der Waals surface area (Å²) in [6.07, 6.45) is 0.901. The van der Waals surface area contributed by atoms with Gasteiger partial charge in [0.05, 0.1) is 11.6 Å². The molecule has 0 saturated heterocycles. The number of hydrogen-bond donors (Lipinski definition) is 1. The maximum atomic E-state index is 13.0. The Morgan fingerprint density at radius 1 is 1.33 bits per heavy atom. The van der Waals surface area contributed by atoms with E-state index in [2.05, 4.69) is 5.32 Å². The van der Waals surface area contributed by atoms with Gasteiger partial charge >= 0.3 is 5.97 Å². The fraction of sp³-hybridized carbons (Fsp3) is 0.263. The summed E-state index contributed by atoms with van der Waals surface area (Å²) < 4.78 is 5.59. The maximum absolute atomic E-state index is 13.0. The summed E-state index contributed by atoms with van der Waals surface area (Å²) in [5.74, 6) is -0.447. The minimum atomic E-state index is -1.18. The molecule has 2 aromatic carbocycles. The number of esters is 1. The molecule has 2 unspecified atom stereocenters. The molecule has 0 radical (unpaired) electrons. The van der Waals surface area contributed by atoms with Crippen LogP contribution >= 0.6 is 11.6 Å². The summed E-state index contributed by atoms with van der Waals surface area (Å²) in [6.45, 7) is 1.82. The van der Waals surface area contributed by atoms with Crippen LogP contribution in [-0.2, 0) is 21.5 Å². The van der Waals surface area contributed by atoms with Crippen molar-refractivity contribution in [2.75, 3.05) is 5.32 Å². The molecule has 5 heteroatoms. The number of fused-ring (bicyclic) bond motifs is 3. The smallest absolute Gasteiger partial charge is 0.342 e. The first-order valence-corrected chi connectivity index (χ1v) is 8.35. The predicted octanol–water partition coefficient (Wildman–Crippen LogP) is 3.72. The van der Waals surface area contributed by atoms with Gasteiger partial charge in [-0.3, -0.25) is 4.79 Å². The Hall–Kier alpha value is -2.33. The van der Waals surface area contributed by atoms with Crippen LogP contribution in [0.5, 0.6) is 5.75 Å². The molecule has 1 aliphatic heterocycles. The van der Waals surface area contributed by atoms with E-state index in [1.165, 1.54) is 0 Å². The molecule has 0 bridgehead atoms. The van der Waals surface area contributed by atoms with Crippen molar-refractivity contribution in [1.82, 2.24) is 0 Å². The van der Waals surface area contributed by atoms with E-state index in [0.29, 0.717) is 29.3 Å². The highest BCUT2D eigenvalue weighted by Crippen LogP contribution is 2.49. The summed E-state index contributed by atoms with van der Waals surface area (Å²) in [6, 6.07) is 12.7. The monoisotopic (exact) mass is 341 g/mol. The van der Waals surface area contributed by atoms with Crippen LogP contribution in [0.1, 0.15) is 24.5 Å². The van der Waals surface area contributed by atoms with E-state index in [9.17, 15) is 9.59 Å². The number of Topliss-reactive ketones (excluding diaryl/α,β-unsaturated/α-hetero) is 1. The molecule has 1 heterocycles. The Balaban J connectivity index is 1.92. The first kappa shape index (κ1) is 15.2. The Bertz CT molecular complexity index is 863. The first-order valence-electron chi connectivity index (χ1n) is 7.97. The molecule has 1 spiro atoms. The number of nitrogens with one attached hydrogen (secondary N) is 1. The number of benzene rings is 2. The normalized spacial score (nSPS) is 24.1. The summed E-state index contributed by atoms with van der Waals surface area (Å²) in [5, 5.41) is 3.85. The minimum absolute atomic E-state index is 0.0427. The van der Waals surface area contributed by atoms with Crippen molar-refractivity contribution in [1.29, 1.82) is 0 Å². The lowest BCUT2D eigenvalue weighted by atomic mass is 9.79. The standard InChI is InChI=1S/C19H16ClNO3/c1-2-16(22)14-9-11-5-3-4-6-13(11)19(14)18(23)24-17-8-7-12(20)10-15(17)21-19/h3-8,10,14,21H,2,9H2,1H3. The van der Waals surface area contributed by atoms with E-state index in [4.69, 9.17) is 16.3 Å². The van der Waals surface area contributed by atoms with Gasteiger partial charge in [-0.1, -0.05) is 42.8 Å². The van der Waals surface area contributed by atoms with Gasteiger partial charge in [0, 0.05) is 11.4 Å². The second kappa shape index (κ2) is 5.35. The maximum Gasteiger partial charge on any atom is 0.342 e. The van der Waals surface area contributed by atoms with Crippen LogP contribution < -0.4 is 10.1 Å². The van der Waals surface area contributed by atoms with Gasteiger partial charge in [-0.05, 0) is 35.7 Å². The average Bonchev–Trinajstić information content (AvgIpc) is 2.91. The number of carbonyl (C=O) groups excluding carboxylic acids is 2. The molecule has 2 atom stereocenters. The van der Waals surface area contributed by atoms with E-state index in [-0.39, 0.29) is 5.78 Å². The van der Waals surface area contributed by atoms with Crippen molar-refractivity contribution in [3.05, 3.63) is 58.6 Å². The van der Waals surface area contributed by atoms with Crippen molar-refractivity contribution in [3.8, 4) is 5.75 Å². The molecule has 2 aliphatic rings. The average molecular weight is 342 g/mol. The van der Waals surface area contributed by atoms with Gasteiger partial charge in [0.2, 0.25) is 0 Å². The van der Waals surface area contributed by atoms with Gasteiger partial charge in [0.1, 0.15) is 5.78 Å². The Kier molecular flexibility index (Phi) is 3.39. The number of rotatable bonds is 2. The third-order valence-corrected chi connectivity index (χ3v) is 5.16. The SMILES string of the molecule is CCC(=O)C1Cc2ccccc2C12Nc1cc(Cl)ccc1OC2=O. The highest BCUT2D eigenvalue weighted by molar-refractivity contribution is 6.31. The molecule has 0 aromatic heterocycles. The van der Waals surface area contributed by atoms with Crippen LogP contribution in [0, 0.1) is 5.92 Å². The summed E-state index contributed by atoms with van der Waals surface area (Å²) in [7, 11) is 0. The minimum Gasteiger partial charge on any atom is -0.422 e. The van der Waals surface area contributed by atoms with E-state index in [1.807, 2.05) is 31.2 Å². The number of anilines is 1. The second-order valence-electron chi connectivity index (χ2n) is 6.20. The van der Waals surface area contributed by atoms with Crippen LogP contribution in [-0.4, -0.2) is 11.8 Å². The highest BCUT2D eigenvalue weighted by Gasteiger charge is 2.58. The van der Waals surface area contributed by atoms with E-state index < -0.39 is 17.4 Å². The summed E-state index contributed by atoms with van der Waals surface area (Å²) in [4.78, 5) is 25.6. The lowest BCUT2D eigenvalue weighted by Crippen LogP contribution is -2.54. The van der Waals surface area contributed by atoms with Gasteiger partial charge in [-0.25, -0.2) is 4.79 Å². The van der Waals surface area contributed by atoms with E-state index in [0.717, 1.165) is 11.1 Å². The zero-order valence-corrected chi connectivity index (χ0v) is 13.9. The van der Waals surface area contributed by atoms with E-state index in [1.54, 1.807) is 18.2 Å². The molecule has 1 aliphatic carbocycles. The van der Waals surface area contributed by atoms with Crippen molar-refractivity contribution in [3.63, 3.8) is 0 Å². The topological polar surface area (TPSA) is 55.4 Å². The number of halogens is 1. The fourth-order valence-corrected chi connectivity index (χ4v) is 3.96. The molecule has 2 aromatic rings. The molecule has 4 nitrogen and oxygen atoms in total. The van der Waals surface area contributed by atoms with Crippen molar-refractivity contribution < 1.29 is 14.3 Å². The Morgan fingerprint density at radius 2 is 2.12 bits per heavy atom. The van der Waals surface area contributed by atoms with Crippen LogP contribution in [0.4, 0.5) is 5.69 Å². The molecule has 0 saturated carbocycles. The Labute approximate surface area is 144 Å². The zero-order valence-electron chi connectivity index (χ0n) is 13.1. The molecule has 4 rings (SSSR count). The van der Waals surface area contributed by atoms with Crippen LogP contribution in [0.2, 0.25) is 5.02 Å². The molecule has 1 N–H and O–H groups in total. The van der Waals surface area contributed by atoms with Crippen LogP contribution in [0.3, 0.4) is 0 Å². The van der Waals surface area contributed by atoms with Gasteiger partial charge < -0.3 is 10.1 Å². The fourth-order valence-electron chi connectivity index (χ4n) is 3.78. The zero-order chi connectivity index (χ0) is 16.9.